The molecule has 2 aromatic carbocycles. The number of nitrogens with zero attached hydrogens (tertiary/aromatic N) is 1. The molecule has 5 nitrogen and oxygen atoms in total. The molecule has 0 aliphatic carbocycles. The molecule has 1 heterocycles. The van der Waals surface area contributed by atoms with Crippen LogP contribution in [0.15, 0.2) is 42.5 Å². The maximum atomic E-state index is 13.2. The summed E-state index contributed by atoms with van der Waals surface area (Å²) in [6.45, 7) is 4.57. The molecule has 0 spiro atoms. The van der Waals surface area contributed by atoms with Gasteiger partial charge in [-0.1, -0.05) is 18.2 Å². The van der Waals surface area contributed by atoms with Crippen molar-refractivity contribution in [3.63, 3.8) is 0 Å². The fourth-order valence-electron chi connectivity index (χ4n) is 3.08. The normalized spacial score (nSPS) is 15.7. The van der Waals surface area contributed by atoms with E-state index in [0.29, 0.717) is 17.9 Å². The van der Waals surface area contributed by atoms with Gasteiger partial charge in [0, 0.05) is 19.4 Å². The number of aryl methyl sites for hydroxylation is 1. The molecule has 0 fully saturated rings. The third-order valence-corrected chi connectivity index (χ3v) is 4.42. The second-order valence-electron chi connectivity index (χ2n) is 6.81. The van der Waals surface area contributed by atoms with Crippen LogP contribution in [0.3, 0.4) is 0 Å². The minimum absolute atomic E-state index is 0.0844. The highest BCUT2D eigenvalue weighted by Gasteiger charge is 2.27. The van der Waals surface area contributed by atoms with Gasteiger partial charge in [0.25, 0.3) is 0 Å². The van der Waals surface area contributed by atoms with Crippen molar-refractivity contribution in [2.75, 3.05) is 11.4 Å². The van der Waals surface area contributed by atoms with Crippen molar-refractivity contribution in [1.82, 2.24) is 5.32 Å². The molecule has 1 atom stereocenters. The molecule has 0 aromatic heterocycles. The first kappa shape index (κ1) is 18.9. The van der Waals surface area contributed by atoms with E-state index in [9.17, 15) is 14.0 Å². The van der Waals surface area contributed by atoms with Crippen molar-refractivity contribution in [1.29, 1.82) is 0 Å². The minimum atomic E-state index is -0.340. The van der Waals surface area contributed by atoms with Gasteiger partial charge >= 0.3 is 0 Å². The van der Waals surface area contributed by atoms with Crippen molar-refractivity contribution in [3.8, 4) is 5.75 Å². The molecule has 0 saturated heterocycles. The molecular weight excluding hydrogens is 347 g/mol. The van der Waals surface area contributed by atoms with Gasteiger partial charge in [-0.3, -0.25) is 9.59 Å². The quantitative estimate of drug-likeness (QED) is 0.878. The summed E-state index contributed by atoms with van der Waals surface area (Å²) in [6.07, 6.45) is 0.0850. The van der Waals surface area contributed by atoms with Crippen LogP contribution in [0.2, 0.25) is 0 Å². The minimum Gasteiger partial charge on any atom is -0.487 e. The molecular formula is C21H23FN2O3. The Morgan fingerprint density at radius 3 is 2.81 bits per heavy atom. The van der Waals surface area contributed by atoms with Crippen LogP contribution in [0.25, 0.3) is 0 Å². The Bertz CT molecular complexity index is 853. The summed E-state index contributed by atoms with van der Waals surface area (Å²) in [6, 6.07) is 11.8. The zero-order chi connectivity index (χ0) is 19.4. The SMILES string of the molecule is Cc1ccc2c(c1)N(C(=O)CCC(=O)NCc1cccc(F)c1)C[C@H](C)O2. The number of carbonyl (C=O) groups is 2. The number of fused-ring (bicyclic) bond motifs is 1. The number of amides is 2. The van der Waals surface area contributed by atoms with Gasteiger partial charge < -0.3 is 15.0 Å². The zero-order valence-electron chi connectivity index (χ0n) is 15.5. The number of carbonyl (C=O) groups excluding carboxylic acids is 2. The molecule has 0 bridgehead atoms. The lowest BCUT2D eigenvalue weighted by Crippen LogP contribution is -2.42. The third-order valence-electron chi connectivity index (χ3n) is 4.42. The molecule has 1 N–H and O–H groups in total. The summed E-state index contributed by atoms with van der Waals surface area (Å²) >= 11 is 0. The molecule has 0 radical (unpaired) electrons. The molecule has 6 heteroatoms. The number of benzene rings is 2. The van der Waals surface area contributed by atoms with Crippen LogP contribution >= 0.6 is 0 Å². The maximum absolute atomic E-state index is 13.2. The predicted molar refractivity (Wildman–Crippen MR) is 101 cm³/mol. The van der Waals surface area contributed by atoms with E-state index >= 15 is 0 Å². The fraction of sp³-hybridized carbons (Fsp3) is 0.333. The number of hydrogen-bond acceptors (Lipinski definition) is 3. The summed E-state index contributed by atoms with van der Waals surface area (Å²) in [4.78, 5) is 26.4. The number of nitrogens with one attached hydrogen (secondary N) is 1. The van der Waals surface area contributed by atoms with Gasteiger partial charge in [-0.25, -0.2) is 4.39 Å². The maximum Gasteiger partial charge on any atom is 0.227 e. The molecule has 1 aliphatic rings. The Hall–Kier alpha value is -2.89. The van der Waals surface area contributed by atoms with Gasteiger partial charge in [0.2, 0.25) is 11.8 Å². The average molecular weight is 370 g/mol. The molecule has 0 unspecified atom stereocenters. The monoisotopic (exact) mass is 370 g/mol. The lowest BCUT2D eigenvalue weighted by Gasteiger charge is -2.33. The number of hydrogen-bond donors (Lipinski definition) is 1. The summed E-state index contributed by atoms with van der Waals surface area (Å²) in [5.41, 5.74) is 2.47. The van der Waals surface area contributed by atoms with E-state index < -0.39 is 0 Å². The van der Waals surface area contributed by atoms with Gasteiger partial charge in [0.1, 0.15) is 17.7 Å². The van der Waals surface area contributed by atoms with E-state index in [4.69, 9.17) is 4.74 Å². The Morgan fingerprint density at radius 1 is 1.22 bits per heavy atom. The van der Waals surface area contributed by atoms with Gasteiger partial charge in [-0.2, -0.15) is 0 Å². The fourth-order valence-corrected chi connectivity index (χ4v) is 3.08. The van der Waals surface area contributed by atoms with Crippen molar-refractivity contribution in [3.05, 3.63) is 59.4 Å². The number of halogens is 1. The number of rotatable bonds is 5. The van der Waals surface area contributed by atoms with Gasteiger partial charge in [-0.05, 0) is 49.2 Å². The standard InChI is InChI=1S/C21H23FN2O3/c1-14-6-7-19-18(10-14)24(13-15(2)27-19)21(26)9-8-20(25)23-12-16-4-3-5-17(22)11-16/h3-7,10-11,15H,8-9,12-13H2,1-2H3,(H,23,25)/t15-/m0/s1. The van der Waals surface area contributed by atoms with Gasteiger partial charge in [0.05, 0.1) is 12.2 Å². The molecule has 3 rings (SSSR count). The third kappa shape index (κ3) is 4.84. The molecule has 2 aromatic rings. The van der Waals surface area contributed by atoms with Gasteiger partial charge in [-0.15, -0.1) is 0 Å². The molecule has 1 aliphatic heterocycles. The predicted octanol–water partition coefficient (Wildman–Crippen LogP) is 3.34. The van der Waals surface area contributed by atoms with Gasteiger partial charge in [0.15, 0.2) is 0 Å². The summed E-state index contributed by atoms with van der Waals surface area (Å²) in [7, 11) is 0. The Labute approximate surface area is 158 Å². The van der Waals surface area contributed by atoms with Crippen LogP contribution in [0.4, 0.5) is 10.1 Å². The van der Waals surface area contributed by atoms with Crippen molar-refractivity contribution < 1.29 is 18.7 Å². The highest BCUT2D eigenvalue weighted by Crippen LogP contribution is 2.34. The van der Waals surface area contributed by atoms with Crippen molar-refractivity contribution in [2.24, 2.45) is 0 Å². The van der Waals surface area contributed by atoms with E-state index in [2.05, 4.69) is 5.32 Å². The first-order valence-corrected chi connectivity index (χ1v) is 9.01. The highest BCUT2D eigenvalue weighted by molar-refractivity contribution is 5.97. The van der Waals surface area contributed by atoms with Crippen LogP contribution in [0, 0.1) is 12.7 Å². The summed E-state index contributed by atoms with van der Waals surface area (Å²) in [5.74, 6) is -0.00753. The largest absolute Gasteiger partial charge is 0.487 e. The average Bonchev–Trinajstić information content (AvgIpc) is 2.64. The first-order valence-electron chi connectivity index (χ1n) is 9.01. The molecule has 0 saturated carbocycles. The Kier molecular flexibility index (Phi) is 5.74. The van der Waals surface area contributed by atoms with E-state index in [-0.39, 0.29) is 43.1 Å². The summed E-state index contributed by atoms with van der Waals surface area (Å²) < 4.78 is 18.9. The topological polar surface area (TPSA) is 58.6 Å². The van der Waals surface area contributed by atoms with Crippen molar-refractivity contribution in [2.45, 2.75) is 39.3 Å². The van der Waals surface area contributed by atoms with Crippen LogP contribution in [0.5, 0.6) is 5.75 Å². The van der Waals surface area contributed by atoms with Crippen molar-refractivity contribution >= 4 is 17.5 Å². The summed E-state index contributed by atoms with van der Waals surface area (Å²) in [5, 5.41) is 2.72. The van der Waals surface area contributed by atoms with Crippen LogP contribution < -0.4 is 15.0 Å². The smallest absolute Gasteiger partial charge is 0.227 e. The second kappa shape index (κ2) is 8.20. The first-order chi connectivity index (χ1) is 12.9. The molecule has 2 amide bonds. The lowest BCUT2D eigenvalue weighted by atomic mass is 10.1. The molecule has 27 heavy (non-hydrogen) atoms. The highest BCUT2D eigenvalue weighted by atomic mass is 19.1. The van der Waals surface area contributed by atoms with Crippen LogP contribution in [-0.4, -0.2) is 24.5 Å². The van der Waals surface area contributed by atoms with E-state index in [0.717, 1.165) is 11.3 Å². The van der Waals surface area contributed by atoms with E-state index in [1.807, 2.05) is 32.0 Å². The van der Waals surface area contributed by atoms with Crippen LogP contribution in [0.1, 0.15) is 30.9 Å². The van der Waals surface area contributed by atoms with E-state index in [1.165, 1.54) is 12.1 Å². The Balaban J connectivity index is 1.56. The van der Waals surface area contributed by atoms with Crippen LogP contribution in [-0.2, 0) is 16.1 Å². The molecule has 142 valence electrons. The zero-order valence-corrected chi connectivity index (χ0v) is 15.5. The van der Waals surface area contributed by atoms with E-state index in [1.54, 1.807) is 17.0 Å². The Morgan fingerprint density at radius 2 is 2.04 bits per heavy atom. The number of anilines is 1. The second-order valence-corrected chi connectivity index (χ2v) is 6.81. The number of ether oxygens (including phenoxy) is 1. The lowest BCUT2D eigenvalue weighted by molar-refractivity contribution is -0.125.